The first-order valence-electron chi connectivity index (χ1n) is 10.5. The molecule has 3 heterocycles. The number of amides is 2. The molecule has 0 saturated carbocycles. The van der Waals surface area contributed by atoms with Crippen LogP contribution in [0.5, 0.6) is 0 Å². The Balaban J connectivity index is 1.60. The third-order valence-corrected chi connectivity index (χ3v) is 7.31. The number of nitrogens with one attached hydrogen (secondary N) is 1. The van der Waals surface area contributed by atoms with E-state index in [4.69, 9.17) is 4.74 Å². The second-order valence-corrected chi connectivity index (χ2v) is 10.1. The van der Waals surface area contributed by atoms with E-state index in [1.807, 2.05) is 40.1 Å². The minimum atomic E-state index is -3.29. The zero-order valence-corrected chi connectivity index (χ0v) is 18.2. The Bertz CT molecular complexity index is 1230. The summed E-state index contributed by atoms with van der Waals surface area (Å²) in [4.78, 5) is 21.0. The molecule has 7 nitrogen and oxygen atoms in total. The van der Waals surface area contributed by atoms with E-state index in [-0.39, 0.29) is 17.0 Å². The third kappa shape index (κ3) is 3.59. The highest BCUT2D eigenvalue weighted by molar-refractivity contribution is 7.90. The fraction of sp³-hybridized carbons (Fsp3) is 0.348. The zero-order valence-electron chi connectivity index (χ0n) is 17.4. The molecule has 2 aliphatic heterocycles. The van der Waals surface area contributed by atoms with Crippen LogP contribution in [0.15, 0.2) is 53.4 Å². The minimum Gasteiger partial charge on any atom is -0.378 e. The lowest BCUT2D eigenvalue weighted by Crippen LogP contribution is -2.51. The minimum absolute atomic E-state index is 0.00945. The number of ether oxygens (including phenoxy) is 1. The van der Waals surface area contributed by atoms with Crippen molar-refractivity contribution in [2.45, 2.75) is 17.4 Å². The molecule has 2 aliphatic rings. The quantitative estimate of drug-likeness (QED) is 0.666. The van der Waals surface area contributed by atoms with Gasteiger partial charge in [-0.05, 0) is 35.7 Å². The molecule has 1 aromatic heterocycles. The van der Waals surface area contributed by atoms with E-state index < -0.39 is 9.84 Å². The molecule has 1 fully saturated rings. The lowest BCUT2D eigenvalue weighted by molar-refractivity contribution is 0.0398. The summed E-state index contributed by atoms with van der Waals surface area (Å²) in [6, 6.07) is 14.7. The number of hydrogen-bond donors (Lipinski definition) is 1. The number of para-hydroxylation sites is 1. The Morgan fingerprint density at radius 1 is 1.03 bits per heavy atom. The van der Waals surface area contributed by atoms with Gasteiger partial charge in [-0.2, -0.15) is 0 Å². The first-order valence-corrected chi connectivity index (χ1v) is 12.4. The molecule has 0 spiro atoms. The molecule has 1 atom stereocenters. The second kappa shape index (κ2) is 7.69. The van der Waals surface area contributed by atoms with Crippen LogP contribution in [-0.4, -0.2) is 68.3 Å². The number of nitrogens with zero attached hydrogens (tertiary/aromatic N) is 2. The number of sulfone groups is 1. The topological polar surface area (TPSA) is 82.7 Å². The van der Waals surface area contributed by atoms with Crippen LogP contribution in [0.3, 0.4) is 0 Å². The first-order chi connectivity index (χ1) is 14.9. The second-order valence-electron chi connectivity index (χ2n) is 8.13. The van der Waals surface area contributed by atoms with E-state index in [0.717, 1.165) is 23.2 Å². The lowest BCUT2D eigenvalue weighted by Gasteiger charge is -2.40. The Morgan fingerprint density at radius 2 is 1.74 bits per heavy atom. The van der Waals surface area contributed by atoms with E-state index in [9.17, 15) is 13.2 Å². The van der Waals surface area contributed by atoms with Crippen LogP contribution in [-0.2, 0) is 21.0 Å². The number of H-pyrrole nitrogens is 1. The van der Waals surface area contributed by atoms with Crippen LogP contribution < -0.4 is 0 Å². The van der Waals surface area contributed by atoms with Crippen LogP contribution in [0.4, 0.5) is 4.79 Å². The van der Waals surface area contributed by atoms with Crippen molar-refractivity contribution in [2.75, 3.05) is 39.1 Å². The molecule has 5 rings (SSSR count). The molecule has 0 aliphatic carbocycles. The number of aromatic amines is 1. The Morgan fingerprint density at radius 3 is 2.45 bits per heavy atom. The third-order valence-electron chi connectivity index (χ3n) is 6.19. The van der Waals surface area contributed by atoms with E-state index in [2.05, 4.69) is 11.1 Å². The van der Waals surface area contributed by atoms with Crippen molar-refractivity contribution in [3.8, 4) is 0 Å². The maximum Gasteiger partial charge on any atom is 0.321 e. The number of hydrogen-bond acceptors (Lipinski definition) is 4. The summed E-state index contributed by atoms with van der Waals surface area (Å²) >= 11 is 0. The summed E-state index contributed by atoms with van der Waals surface area (Å²) in [6.07, 6.45) is 1.97. The predicted octanol–water partition coefficient (Wildman–Crippen LogP) is 2.97. The predicted molar refractivity (Wildman–Crippen MR) is 118 cm³/mol. The van der Waals surface area contributed by atoms with Gasteiger partial charge in [-0.25, -0.2) is 13.2 Å². The normalized spacial score (nSPS) is 19.5. The van der Waals surface area contributed by atoms with Crippen LogP contribution in [0.2, 0.25) is 0 Å². The van der Waals surface area contributed by atoms with Crippen molar-refractivity contribution in [3.05, 3.63) is 65.4 Å². The van der Waals surface area contributed by atoms with Gasteiger partial charge in [-0.1, -0.05) is 30.3 Å². The first kappa shape index (κ1) is 20.1. The summed E-state index contributed by atoms with van der Waals surface area (Å²) in [5.41, 5.74) is 4.16. The lowest BCUT2D eigenvalue weighted by atomic mass is 9.92. The summed E-state index contributed by atoms with van der Waals surface area (Å²) in [7, 11) is -3.29. The number of morpholine rings is 1. The molecule has 0 bridgehead atoms. The molecule has 1 unspecified atom stereocenters. The van der Waals surface area contributed by atoms with Gasteiger partial charge in [0.15, 0.2) is 9.84 Å². The molecule has 31 heavy (non-hydrogen) atoms. The monoisotopic (exact) mass is 439 g/mol. The Hall–Kier alpha value is -2.84. The van der Waals surface area contributed by atoms with Crippen LogP contribution in [0.25, 0.3) is 10.9 Å². The number of fused-ring (bicyclic) bond motifs is 3. The number of rotatable bonds is 2. The Kier molecular flexibility index (Phi) is 4.98. The summed E-state index contributed by atoms with van der Waals surface area (Å²) < 4.78 is 29.3. The molecular formula is C23H25N3O4S. The van der Waals surface area contributed by atoms with Crippen molar-refractivity contribution in [3.63, 3.8) is 0 Å². The molecule has 0 radical (unpaired) electrons. The summed E-state index contributed by atoms with van der Waals surface area (Å²) in [5.74, 6) is 0. The Labute approximate surface area is 181 Å². The molecule has 162 valence electrons. The van der Waals surface area contributed by atoms with Crippen molar-refractivity contribution in [1.82, 2.24) is 14.8 Å². The fourth-order valence-electron chi connectivity index (χ4n) is 4.63. The summed E-state index contributed by atoms with van der Waals surface area (Å²) in [5, 5.41) is 1.17. The molecule has 3 aromatic rings. The van der Waals surface area contributed by atoms with Crippen LogP contribution in [0, 0.1) is 0 Å². The molecule has 8 heteroatoms. The number of urea groups is 1. The largest absolute Gasteiger partial charge is 0.378 e. The zero-order chi connectivity index (χ0) is 21.6. The molecular weight excluding hydrogens is 414 g/mol. The summed E-state index contributed by atoms with van der Waals surface area (Å²) in [6.45, 7) is 2.85. The maximum atomic E-state index is 13.5. The highest BCUT2D eigenvalue weighted by Crippen LogP contribution is 2.39. The van der Waals surface area contributed by atoms with Gasteiger partial charge in [-0.3, -0.25) is 0 Å². The van der Waals surface area contributed by atoms with E-state index in [1.54, 1.807) is 12.1 Å². The molecule has 2 aromatic carbocycles. The highest BCUT2D eigenvalue weighted by atomic mass is 32.2. The number of benzene rings is 2. The fourth-order valence-corrected chi connectivity index (χ4v) is 5.26. The van der Waals surface area contributed by atoms with Gasteiger partial charge in [0.25, 0.3) is 0 Å². The van der Waals surface area contributed by atoms with Gasteiger partial charge in [0.1, 0.15) is 0 Å². The van der Waals surface area contributed by atoms with Crippen LogP contribution in [0.1, 0.15) is 22.9 Å². The van der Waals surface area contributed by atoms with Gasteiger partial charge in [0, 0.05) is 42.5 Å². The van der Waals surface area contributed by atoms with Gasteiger partial charge in [0.05, 0.1) is 24.2 Å². The van der Waals surface area contributed by atoms with Gasteiger partial charge in [-0.15, -0.1) is 0 Å². The highest BCUT2D eigenvalue weighted by Gasteiger charge is 2.36. The van der Waals surface area contributed by atoms with Gasteiger partial charge in [0.2, 0.25) is 0 Å². The number of carbonyl (C=O) groups excluding carboxylic acids is 1. The van der Waals surface area contributed by atoms with E-state index in [0.29, 0.717) is 32.8 Å². The number of aromatic nitrogens is 1. The number of carbonyl (C=O) groups is 1. The SMILES string of the molecule is CS(=O)(=O)c1ccc(C2c3[nH]c4ccccc4c3CCN2C(=O)N2CCOCC2)cc1. The van der Waals surface area contributed by atoms with Crippen molar-refractivity contribution in [2.24, 2.45) is 0 Å². The van der Waals surface area contributed by atoms with Crippen molar-refractivity contribution in [1.29, 1.82) is 0 Å². The van der Waals surface area contributed by atoms with Gasteiger partial charge < -0.3 is 19.5 Å². The van der Waals surface area contributed by atoms with Crippen molar-refractivity contribution < 1.29 is 17.9 Å². The van der Waals surface area contributed by atoms with E-state index in [1.165, 1.54) is 17.2 Å². The van der Waals surface area contributed by atoms with E-state index >= 15 is 0 Å². The van der Waals surface area contributed by atoms with Crippen molar-refractivity contribution >= 4 is 26.8 Å². The van der Waals surface area contributed by atoms with Gasteiger partial charge >= 0.3 is 6.03 Å². The molecule has 2 amide bonds. The molecule has 1 saturated heterocycles. The molecule has 1 N–H and O–H groups in total. The smallest absolute Gasteiger partial charge is 0.321 e. The average molecular weight is 440 g/mol. The average Bonchev–Trinajstić information content (AvgIpc) is 3.17. The van der Waals surface area contributed by atoms with Crippen LogP contribution >= 0.6 is 0 Å². The maximum absolute atomic E-state index is 13.5. The standard InChI is InChI=1S/C23H25N3O4S/c1-31(28,29)17-8-6-16(7-9-17)22-21-19(18-4-2-3-5-20(18)24-21)10-11-26(22)23(27)25-12-14-30-15-13-25/h2-9,22,24H,10-15H2,1H3.